The number of Topliss-reactive ketones (excluding diaryl/α,β-unsaturated/α-hetero) is 1. The highest BCUT2D eigenvalue weighted by Gasteiger charge is 2.57. The molecule has 10 heteroatoms. The fourth-order valence-electron chi connectivity index (χ4n) is 8.06. The number of likely N-dealkylation sites (tertiary alicyclic amines) is 2. The lowest BCUT2D eigenvalue weighted by Crippen LogP contribution is -2.47. The van der Waals surface area contributed by atoms with Crippen LogP contribution < -0.4 is 4.74 Å². The van der Waals surface area contributed by atoms with Crippen LogP contribution in [0.1, 0.15) is 42.7 Å². The van der Waals surface area contributed by atoms with Crippen molar-refractivity contribution in [3.8, 4) is 11.5 Å². The number of phenolic OH excluding ortho intramolecular Hbond substituents is 1. The van der Waals surface area contributed by atoms with Crippen molar-refractivity contribution in [3.63, 3.8) is 0 Å². The standard InChI is InChI=1S/C35H32BrClN2O6/c1-45-28-14-19(13-26(37)33(28)42)29-21-7-8-22-30(23(21)15-24-31(29)27(40)16-25(36)32(24)41)35(44)39(34(22)43)20-9-11-38(12-10-20)17-18-5-3-2-4-6-18/h2-7,13-14,16,20,22-23,29-30,42H,8-12,15,17H2,1H3. The molecule has 5 aliphatic rings. The molecule has 0 bridgehead atoms. The number of nitrogens with zero attached hydrogens (tertiary/aromatic N) is 2. The van der Waals surface area contributed by atoms with Gasteiger partial charge in [0.1, 0.15) is 0 Å². The van der Waals surface area contributed by atoms with Crippen LogP contribution in [0.25, 0.3) is 0 Å². The summed E-state index contributed by atoms with van der Waals surface area (Å²) < 4.78 is 5.54. The van der Waals surface area contributed by atoms with Gasteiger partial charge in [-0.15, -0.1) is 0 Å². The highest BCUT2D eigenvalue weighted by molar-refractivity contribution is 9.12. The number of rotatable bonds is 5. The van der Waals surface area contributed by atoms with E-state index in [9.17, 15) is 24.3 Å². The molecule has 2 heterocycles. The lowest BCUT2D eigenvalue weighted by atomic mass is 9.59. The van der Waals surface area contributed by atoms with Gasteiger partial charge in [-0.05, 0) is 70.8 Å². The molecule has 2 aromatic carbocycles. The van der Waals surface area contributed by atoms with Gasteiger partial charge in [0.05, 0.1) is 28.5 Å². The Hall–Kier alpha value is -3.53. The minimum atomic E-state index is -0.682. The van der Waals surface area contributed by atoms with Crippen LogP contribution in [0.3, 0.4) is 0 Å². The molecule has 0 spiro atoms. The number of hydrogen-bond donors (Lipinski definition) is 1. The van der Waals surface area contributed by atoms with E-state index in [0.717, 1.165) is 25.2 Å². The average molecular weight is 692 g/mol. The van der Waals surface area contributed by atoms with Crippen molar-refractivity contribution in [1.82, 2.24) is 9.80 Å². The first-order valence-corrected chi connectivity index (χ1v) is 16.4. The Morgan fingerprint density at radius 2 is 1.76 bits per heavy atom. The Bertz CT molecular complexity index is 1720. The van der Waals surface area contributed by atoms with Gasteiger partial charge in [0.15, 0.2) is 23.1 Å². The maximum atomic E-state index is 14.3. The Kier molecular flexibility index (Phi) is 7.82. The number of carbonyl (C=O) groups excluding carboxylic acids is 4. The van der Waals surface area contributed by atoms with Crippen molar-refractivity contribution < 1.29 is 29.0 Å². The Morgan fingerprint density at radius 3 is 2.47 bits per heavy atom. The quantitative estimate of drug-likeness (QED) is 0.252. The summed E-state index contributed by atoms with van der Waals surface area (Å²) in [4.78, 5) is 59.1. The maximum Gasteiger partial charge on any atom is 0.233 e. The second kappa shape index (κ2) is 11.7. The maximum absolute atomic E-state index is 14.3. The smallest absolute Gasteiger partial charge is 0.233 e. The van der Waals surface area contributed by atoms with Crippen LogP contribution >= 0.6 is 27.5 Å². The van der Waals surface area contributed by atoms with Gasteiger partial charge < -0.3 is 9.84 Å². The predicted octanol–water partition coefficient (Wildman–Crippen LogP) is 5.48. The predicted molar refractivity (Wildman–Crippen MR) is 171 cm³/mol. The van der Waals surface area contributed by atoms with E-state index < -0.39 is 23.7 Å². The van der Waals surface area contributed by atoms with Gasteiger partial charge in [0, 0.05) is 48.8 Å². The summed E-state index contributed by atoms with van der Waals surface area (Å²) in [7, 11) is 1.41. The molecular formula is C35H32BrClN2O6. The van der Waals surface area contributed by atoms with E-state index in [4.69, 9.17) is 16.3 Å². The summed E-state index contributed by atoms with van der Waals surface area (Å²) in [6.07, 6.45) is 5.25. The summed E-state index contributed by atoms with van der Waals surface area (Å²) in [5, 5.41) is 10.5. The van der Waals surface area contributed by atoms with E-state index in [1.807, 2.05) is 24.3 Å². The molecule has 2 aromatic rings. The number of allylic oxidation sites excluding steroid dienone is 6. The molecule has 2 saturated heterocycles. The molecule has 2 fully saturated rings. The third kappa shape index (κ3) is 5.00. The van der Waals surface area contributed by atoms with E-state index in [2.05, 4.69) is 33.0 Å². The van der Waals surface area contributed by atoms with Crippen molar-refractivity contribution in [1.29, 1.82) is 0 Å². The summed E-state index contributed by atoms with van der Waals surface area (Å²) in [5.41, 5.74) is 3.32. The van der Waals surface area contributed by atoms with Crippen LogP contribution in [0, 0.1) is 17.8 Å². The number of halogens is 2. The minimum Gasteiger partial charge on any atom is -0.503 e. The lowest BCUT2D eigenvalue weighted by Gasteiger charge is -2.42. The van der Waals surface area contributed by atoms with Gasteiger partial charge in [-0.1, -0.05) is 53.6 Å². The van der Waals surface area contributed by atoms with Crippen LogP contribution in [0.2, 0.25) is 5.02 Å². The average Bonchev–Trinajstić information content (AvgIpc) is 3.30. The van der Waals surface area contributed by atoms with Crippen LogP contribution in [0.15, 0.2) is 75.8 Å². The first-order valence-electron chi connectivity index (χ1n) is 15.3. The van der Waals surface area contributed by atoms with Crippen LogP contribution in [0.5, 0.6) is 11.5 Å². The molecule has 8 nitrogen and oxygen atoms in total. The molecule has 7 rings (SSSR count). The zero-order valence-electron chi connectivity index (χ0n) is 24.7. The minimum absolute atomic E-state index is 0.0473. The molecule has 3 aliphatic carbocycles. The molecule has 0 saturated carbocycles. The molecule has 0 aromatic heterocycles. The second-order valence-electron chi connectivity index (χ2n) is 12.5. The molecule has 0 radical (unpaired) electrons. The summed E-state index contributed by atoms with van der Waals surface area (Å²) >= 11 is 9.67. The van der Waals surface area contributed by atoms with Gasteiger partial charge in [0.2, 0.25) is 11.8 Å². The first-order chi connectivity index (χ1) is 21.7. The third-order valence-electron chi connectivity index (χ3n) is 10.1. The second-order valence-corrected chi connectivity index (χ2v) is 13.7. The SMILES string of the molecule is COc1cc(C2C3=CCC4C(=O)N(C5CCN(Cc6ccccc6)CC5)C(=O)C4C3CC3=C2C(=O)C=C(Br)C3=O)cc(Cl)c1O. The third-order valence-corrected chi connectivity index (χ3v) is 11.0. The zero-order valence-corrected chi connectivity index (χ0v) is 27.0. The van der Waals surface area contributed by atoms with E-state index in [1.165, 1.54) is 23.6 Å². The van der Waals surface area contributed by atoms with E-state index in [0.29, 0.717) is 36.0 Å². The number of ketones is 2. The highest BCUT2D eigenvalue weighted by atomic mass is 79.9. The largest absolute Gasteiger partial charge is 0.503 e. The molecule has 1 N–H and O–H groups in total. The number of fused-ring (bicyclic) bond motifs is 3. The van der Waals surface area contributed by atoms with Gasteiger partial charge in [-0.3, -0.25) is 29.0 Å². The van der Waals surface area contributed by atoms with E-state index in [-0.39, 0.29) is 56.8 Å². The summed E-state index contributed by atoms with van der Waals surface area (Å²) in [5.74, 6) is -3.27. The van der Waals surface area contributed by atoms with Crippen molar-refractivity contribution in [3.05, 3.63) is 92.0 Å². The normalized spacial score (nSPS) is 27.2. The van der Waals surface area contributed by atoms with E-state index in [1.54, 1.807) is 12.1 Å². The van der Waals surface area contributed by atoms with Gasteiger partial charge >= 0.3 is 0 Å². The molecular weight excluding hydrogens is 660 g/mol. The molecule has 2 amide bonds. The number of imide groups is 1. The zero-order chi connectivity index (χ0) is 31.6. The first kappa shape index (κ1) is 30.1. The lowest BCUT2D eigenvalue weighted by molar-refractivity contribution is -0.144. The fraction of sp³-hybridized carbons (Fsp3) is 0.371. The number of carbonyl (C=O) groups is 4. The molecule has 4 atom stereocenters. The van der Waals surface area contributed by atoms with Crippen molar-refractivity contribution >= 4 is 50.9 Å². The summed E-state index contributed by atoms with van der Waals surface area (Å²) in [6, 6.07) is 13.3. The molecule has 45 heavy (non-hydrogen) atoms. The van der Waals surface area contributed by atoms with Gasteiger partial charge in [-0.25, -0.2) is 0 Å². The monoisotopic (exact) mass is 690 g/mol. The molecule has 4 unspecified atom stereocenters. The Labute approximate surface area is 274 Å². The Balaban J connectivity index is 1.21. The molecule has 232 valence electrons. The number of benzene rings is 2. The fourth-order valence-corrected chi connectivity index (χ4v) is 8.73. The number of piperidine rings is 1. The van der Waals surface area contributed by atoms with Crippen molar-refractivity contribution in [2.75, 3.05) is 20.2 Å². The number of phenols is 1. The topological polar surface area (TPSA) is 104 Å². The number of aromatic hydroxyl groups is 1. The number of ether oxygens (including phenoxy) is 1. The van der Waals surface area contributed by atoms with E-state index >= 15 is 0 Å². The van der Waals surface area contributed by atoms with Gasteiger partial charge in [0.25, 0.3) is 0 Å². The number of hydrogen-bond acceptors (Lipinski definition) is 7. The molecule has 2 aliphatic heterocycles. The van der Waals surface area contributed by atoms with Gasteiger partial charge in [-0.2, -0.15) is 0 Å². The van der Waals surface area contributed by atoms with Crippen LogP contribution in [0.4, 0.5) is 0 Å². The van der Waals surface area contributed by atoms with Crippen molar-refractivity contribution in [2.24, 2.45) is 17.8 Å². The van der Waals surface area contributed by atoms with Crippen LogP contribution in [-0.4, -0.2) is 64.5 Å². The number of amides is 2. The highest BCUT2D eigenvalue weighted by Crippen LogP contribution is 2.56. The summed E-state index contributed by atoms with van der Waals surface area (Å²) in [6.45, 7) is 2.41. The van der Waals surface area contributed by atoms with Crippen molar-refractivity contribution in [2.45, 2.75) is 44.2 Å². The number of methoxy groups -OCH3 is 1. The van der Waals surface area contributed by atoms with Crippen LogP contribution in [-0.2, 0) is 25.7 Å². The Morgan fingerprint density at radius 1 is 1.02 bits per heavy atom.